The minimum absolute atomic E-state index is 0.0327. The molecular weight excluding hydrogens is 438 g/mol. The van der Waals surface area contributed by atoms with Crippen molar-refractivity contribution >= 4 is 23.9 Å². The number of benzene rings is 2. The van der Waals surface area contributed by atoms with Crippen LogP contribution in [0.2, 0.25) is 0 Å². The first-order valence-corrected chi connectivity index (χ1v) is 11.0. The smallest absolute Gasteiger partial charge is 0.414 e. The van der Waals surface area contributed by atoms with Gasteiger partial charge in [-0.1, -0.05) is 48.5 Å². The minimum Gasteiger partial charge on any atom is -0.481 e. The summed E-state index contributed by atoms with van der Waals surface area (Å²) in [5.74, 6) is -1.46. The van der Waals surface area contributed by atoms with Crippen molar-refractivity contribution in [3.05, 3.63) is 65.5 Å². The maximum absolute atomic E-state index is 12.4. The molecule has 0 unspecified atom stereocenters. The van der Waals surface area contributed by atoms with E-state index in [1.807, 2.05) is 36.4 Å². The lowest BCUT2D eigenvalue weighted by atomic mass is 9.98. The van der Waals surface area contributed by atoms with Crippen LogP contribution in [0.3, 0.4) is 0 Å². The highest BCUT2D eigenvalue weighted by Crippen LogP contribution is 2.44. The first-order valence-electron chi connectivity index (χ1n) is 11.0. The average Bonchev–Trinajstić information content (AvgIpc) is 3.42. The molecule has 0 saturated carbocycles. The Balaban J connectivity index is 1.31. The van der Waals surface area contributed by atoms with Crippen molar-refractivity contribution < 1.29 is 24.2 Å². The zero-order valence-electron chi connectivity index (χ0n) is 18.7. The second kappa shape index (κ2) is 10.2. The van der Waals surface area contributed by atoms with Crippen molar-refractivity contribution in [3.8, 4) is 11.1 Å². The Morgan fingerprint density at radius 2 is 1.71 bits per heavy atom. The second-order valence-electron chi connectivity index (χ2n) is 8.04. The van der Waals surface area contributed by atoms with E-state index in [1.165, 1.54) is 4.90 Å². The van der Waals surface area contributed by atoms with Crippen molar-refractivity contribution in [2.24, 2.45) is 0 Å². The van der Waals surface area contributed by atoms with Gasteiger partial charge in [0.15, 0.2) is 0 Å². The van der Waals surface area contributed by atoms with Crippen LogP contribution in [-0.2, 0) is 9.53 Å². The number of hydrogen-bond acceptors (Lipinski definition) is 6. The summed E-state index contributed by atoms with van der Waals surface area (Å²) in [6.07, 6.45) is 0.353. The minimum atomic E-state index is -0.867. The number of aliphatic carboxylic acids is 1. The normalized spacial score (nSPS) is 12.0. The van der Waals surface area contributed by atoms with Crippen LogP contribution in [0, 0.1) is 0 Å². The summed E-state index contributed by atoms with van der Waals surface area (Å²) >= 11 is 0. The van der Waals surface area contributed by atoms with E-state index in [1.54, 1.807) is 7.05 Å². The summed E-state index contributed by atoms with van der Waals surface area (Å²) in [5.41, 5.74) is 4.48. The number of carboxylic acid groups (broad SMARTS) is 1. The van der Waals surface area contributed by atoms with Crippen LogP contribution in [-0.4, -0.2) is 63.4 Å². The zero-order chi connectivity index (χ0) is 24.1. The van der Waals surface area contributed by atoms with Gasteiger partial charge in [-0.05, 0) is 35.1 Å². The van der Waals surface area contributed by atoms with Crippen molar-refractivity contribution in [2.75, 3.05) is 25.5 Å². The molecule has 1 aliphatic carbocycles. The molecule has 0 bridgehead atoms. The number of aromatic amines is 1. The van der Waals surface area contributed by atoms with Crippen molar-refractivity contribution in [3.63, 3.8) is 0 Å². The van der Waals surface area contributed by atoms with Crippen LogP contribution in [0.4, 0.5) is 10.7 Å². The highest BCUT2D eigenvalue weighted by atomic mass is 16.5. The lowest BCUT2D eigenvalue weighted by Gasteiger charge is -2.14. The molecule has 0 saturated heterocycles. The van der Waals surface area contributed by atoms with Gasteiger partial charge in [0.25, 0.3) is 11.9 Å². The number of fused-ring (bicyclic) bond motifs is 3. The average molecular weight is 463 g/mol. The summed E-state index contributed by atoms with van der Waals surface area (Å²) < 4.78 is 5.46. The molecule has 1 aliphatic rings. The molecule has 2 amide bonds. The predicted octanol–water partition coefficient (Wildman–Crippen LogP) is 3.49. The van der Waals surface area contributed by atoms with Gasteiger partial charge in [0, 0.05) is 25.9 Å². The van der Waals surface area contributed by atoms with E-state index >= 15 is 0 Å². The number of nitrogens with zero attached hydrogens (tertiary/aromatic N) is 3. The number of rotatable bonds is 9. The quantitative estimate of drug-likeness (QED) is 0.413. The highest BCUT2D eigenvalue weighted by Gasteiger charge is 2.29. The van der Waals surface area contributed by atoms with Gasteiger partial charge in [-0.2, -0.15) is 4.98 Å². The van der Waals surface area contributed by atoms with Crippen LogP contribution in [0.25, 0.3) is 11.1 Å². The first-order chi connectivity index (χ1) is 16.4. The molecule has 0 atom stereocenters. The number of carboxylic acids is 1. The molecule has 0 spiro atoms. The van der Waals surface area contributed by atoms with E-state index in [2.05, 4.69) is 32.6 Å². The van der Waals surface area contributed by atoms with Gasteiger partial charge in [-0.25, -0.2) is 4.79 Å². The summed E-state index contributed by atoms with van der Waals surface area (Å²) in [5, 5.41) is 17.5. The van der Waals surface area contributed by atoms with Crippen LogP contribution in [0.15, 0.2) is 48.5 Å². The fourth-order valence-corrected chi connectivity index (χ4v) is 4.05. The lowest BCUT2D eigenvalue weighted by Crippen LogP contribution is -2.28. The van der Waals surface area contributed by atoms with E-state index in [0.717, 1.165) is 22.3 Å². The third kappa shape index (κ3) is 5.06. The molecule has 10 nitrogen and oxygen atoms in total. The van der Waals surface area contributed by atoms with Crippen molar-refractivity contribution in [1.82, 2.24) is 20.1 Å². The van der Waals surface area contributed by atoms with Gasteiger partial charge in [-0.3, -0.25) is 20.0 Å². The fraction of sp³-hybridized carbons (Fsp3) is 0.292. The third-order valence-corrected chi connectivity index (χ3v) is 5.73. The number of carbonyl (C=O) groups excluding carboxylic acids is 2. The molecule has 2 aromatic carbocycles. The largest absolute Gasteiger partial charge is 0.481 e. The van der Waals surface area contributed by atoms with E-state index in [-0.39, 0.29) is 30.7 Å². The number of hydrogen-bond donors (Lipinski definition) is 3. The molecule has 1 heterocycles. The number of anilines is 1. The van der Waals surface area contributed by atoms with Gasteiger partial charge < -0.3 is 14.7 Å². The number of ether oxygens (including phenoxy) is 1. The van der Waals surface area contributed by atoms with Crippen LogP contribution >= 0.6 is 0 Å². The zero-order valence-corrected chi connectivity index (χ0v) is 18.7. The molecule has 4 rings (SSSR count). The van der Waals surface area contributed by atoms with Gasteiger partial charge in [0.1, 0.15) is 6.61 Å². The van der Waals surface area contributed by atoms with Gasteiger partial charge in [0.05, 0.1) is 0 Å². The second-order valence-corrected chi connectivity index (χ2v) is 8.04. The number of aromatic nitrogens is 3. The Labute approximate surface area is 196 Å². The number of nitrogens with one attached hydrogen (secondary N) is 2. The molecule has 10 heteroatoms. The topological polar surface area (TPSA) is 138 Å². The standard InChI is InChI=1S/C24H25N5O5/c1-29(13-7-6-12-20(30)31)22(32)21-25-23(28-27-21)26-24(33)34-14-19-17-10-4-2-8-15(17)16-9-3-5-11-18(16)19/h2-5,8-11,19H,6-7,12-14H2,1H3,(H,30,31)(H2,25,26,27,28,33). The molecule has 176 valence electrons. The van der Waals surface area contributed by atoms with E-state index in [4.69, 9.17) is 9.84 Å². The van der Waals surface area contributed by atoms with Crippen LogP contribution < -0.4 is 5.32 Å². The fourth-order valence-electron chi connectivity index (χ4n) is 4.05. The van der Waals surface area contributed by atoms with Crippen molar-refractivity contribution in [1.29, 1.82) is 0 Å². The molecule has 0 radical (unpaired) electrons. The van der Waals surface area contributed by atoms with Gasteiger partial charge >= 0.3 is 12.1 Å². The predicted molar refractivity (Wildman–Crippen MR) is 124 cm³/mol. The molecule has 3 aromatic rings. The Kier molecular flexibility index (Phi) is 6.86. The summed E-state index contributed by atoms with van der Waals surface area (Å²) in [4.78, 5) is 40.8. The molecule has 0 fully saturated rings. The van der Waals surface area contributed by atoms with Gasteiger partial charge in [0.2, 0.25) is 5.82 Å². The van der Waals surface area contributed by atoms with Gasteiger partial charge in [-0.15, -0.1) is 5.10 Å². The maximum atomic E-state index is 12.4. The monoisotopic (exact) mass is 463 g/mol. The molecule has 34 heavy (non-hydrogen) atoms. The maximum Gasteiger partial charge on any atom is 0.414 e. The summed E-state index contributed by atoms with van der Waals surface area (Å²) in [6, 6.07) is 16.1. The summed E-state index contributed by atoms with van der Waals surface area (Å²) in [7, 11) is 1.59. The third-order valence-electron chi connectivity index (χ3n) is 5.73. The molecular formula is C24H25N5O5. The van der Waals surface area contributed by atoms with Crippen LogP contribution in [0.5, 0.6) is 0 Å². The lowest BCUT2D eigenvalue weighted by molar-refractivity contribution is -0.137. The molecule has 1 aromatic heterocycles. The Hall–Kier alpha value is -4.21. The Bertz CT molecular complexity index is 1160. The number of H-pyrrole nitrogens is 1. The Morgan fingerprint density at radius 3 is 2.35 bits per heavy atom. The Morgan fingerprint density at radius 1 is 1.06 bits per heavy atom. The highest BCUT2D eigenvalue weighted by molar-refractivity contribution is 5.91. The number of carbonyl (C=O) groups is 3. The number of unbranched alkanes of at least 4 members (excludes halogenated alkanes) is 1. The SMILES string of the molecule is CN(CCCCC(=O)O)C(=O)c1nc(NC(=O)OCC2c3ccccc3-c3ccccc32)n[nH]1. The molecule has 3 N–H and O–H groups in total. The molecule has 0 aliphatic heterocycles. The first kappa shape index (κ1) is 23.0. The summed E-state index contributed by atoms with van der Waals surface area (Å²) in [6.45, 7) is 0.525. The van der Waals surface area contributed by atoms with E-state index in [0.29, 0.717) is 19.4 Å². The number of amides is 2. The van der Waals surface area contributed by atoms with Crippen molar-refractivity contribution in [2.45, 2.75) is 25.2 Å². The van der Waals surface area contributed by atoms with Crippen LogP contribution in [0.1, 0.15) is 46.9 Å². The van der Waals surface area contributed by atoms with E-state index in [9.17, 15) is 14.4 Å². The van der Waals surface area contributed by atoms with E-state index < -0.39 is 18.0 Å².